The summed E-state index contributed by atoms with van der Waals surface area (Å²) < 4.78 is 5.65. The van der Waals surface area contributed by atoms with E-state index in [1.807, 2.05) is 64.1 Å². The molecule has 2 rings (SSSR count). The maximum atomic E-state index is 11.0. The molecule has 0 saturated heterocycles. The largest absolute Gasteiger partial charge is 0.493 e. The molecule has 0 amide bonds. The highest BCUT2D eigenvalue weighted by Gasteiger charge is 2.29. The Balaban J connectivity index is 2.54. The molecule has 0 aliphatic carbocycles. The van der Waals surface area contributed by atoms with E-state index in [1.165, 1.54) is 0 Å². The zero-order valence-electron chi connectivity index (χ0n) is 12.6. The highest BCUT2D eigenvalue weighted by Crippen LogP contribution is 2.36. The lowest BCUT2D eigenvalue weighted by Crippen LogP contribution is -2.24. The summed E-state index contributed by atoms with van der Waals surface area (Å²) in [6.45, 7) is 8.43. The van der Waals surface area contributed by atoms with Crippen molar-refractivity contribution in [2.45, 2.75) is 33.3 Å². The third-order valence-electron chi connectivity index (χ3n) is 3.50. The summed E-state index contributed by atoms with van der Waals surface area (Å²) in [6, 6.07) is 13.8. The maximum absolute atomic E-state index is 11.0. The van der Waals surface area contributed by atoms with Crippen molar-refractivity contribution in [3.63, 3.8) is 0 Å². The molecule has 1 N–H and O–H groups in total. The molecule has 1 unspecified atom stereocenters. The first kappa shape index (κ1) is 14.6. The van der Waals surface area contributed by atoms with Gasteiger partial charge in [-0.15, -0.1) is 0 Å². The summed E-state index contributed by atoms with van der Waals surface area (Å²) in [6.07, 6.45) is 0. The van der Waals surface area contributed by atoms with Gasteiger partial charge in [0, 0.05) is 5.56 Å². The SMILES string of the molecule is CCOc1ccccc1C(C)(O)c1cc(C)cc(C)c1. The smallest absolute Gasteiger partial charge is 0.125 e. The molecule has 2 aromatic rings. The molecule has 0 aliphatic rings. The minimum atomic E-state index is -1.07. The van der Waals surface area contributed by atoms with E-state index in [9.17, 15) is 5.11 Å². The Morgan fingerprint density at radius 3 is 2.25 bits per heavy atom. The second kappa shape index (κ2) is 5.68. The molecule has 106 valence electrons. The van der Waals surface area contributed by atoms with Crippen LogP contribution in [0.25, 0.3) is 0 Å². The van der Waals surface area contributed by atoms with E-state index in [4.69, 9.17) is 4.74 Å². The first-order valence-electron chi connectivity index (χ1n) is 6.98. The number of hydrogen-bond acceptors (Lipinski definition) is 2. The summed E-state index contributed by atoms with van der Waals surface area (Å²) in [5.74, 6) is 0.735. The van der Waals surface area contributed by atoms with Gasteiger partial charge in [-0.1, -0.05) is 47.5 Å². The van der Waals surface area contributed by atoms with Crippen LogP contribution in [0.4, 0.5) is 0 Å². The van der Waals surface area contributed by atoms with Gasteiger partial charge in [0.05, 0.1) is 6.61 Å². The van der Waals surface area contributed by atoms with Gasteiger partial charge in [0.2, 0.25) is 0 Å². The Hall–Kier alpha value is -1.80. The number of aryl methyl sites for hydroxylation is 2. The molecule has 0 aromatic heterocycles. The lowest BCUT2D eigenvalue weighted by Gasteiger charge is -2.27. The summed E-state index contributed by atoms with van der Waals surface area (Å²) in [4.78, 5) is 0. The zero-order valence-corrected chi connectivity index (χ0v) is 12.6. The van der Waals surface area contributed by atoms with Crippen LogP contribution in [0.2, 0.25) is 0 Å². The lowest BCUT2D eigenvalue weighted by atomic mass is 9.86. The van der Waals surface area contributed by atoms with Crippen LogP contribution in [-0.4, -0.2) is 11.7 Å². The van der Waals surface area contributed by atoms with Crippen molar-refractivity contribution in [1.82, 2.24) is 0 Å². The van der Waals surface area contributed by atoms with Crippen LogP contribution in [0, 0.1) is 13.8 Å². The van der Waals surface area contributed by atoms with Crippen molar-refractivity contribution in [2.75, 3.05) is 6.61 Å². The van der Waals surface area contributed by atoms with Gasteiger partial charge < -0.3 is 9.84 Å². The van der Waals surface area contributed by atoms with Crippen molar-refractivity contribution in [2.24, 2.45) is 0 Å². The van der Waals surface area contributed by atoms with Crippen molar-refractivity contribution in [3.8, 4) is 5.75 Å². The molecule has 20 heavy (non-hydrogen) atoms. The van der Waals surface area contributed by atoms with Crippen LogP contribution in [-0.2, 0) is 5.60 Å². The molecule has 2 heteroatoms. The van der Waals surface area contributed by atoms with Crippen LogP contribution < -0.4 is 4.74 Å². The maximum Gasteiger partial charge on any atom is 0.125 e. The number of para-hydroxylation sites is 1. The Morgan fingerprint density at radius 1 is 1.05 bits per heavy atom. The summed E-state index contributed by atoms with van der Waals surface area (Å²) in [7, 11) is 0. The minimum absolute atomic E-state index is 0.583. The normalized spacial score (nSPS) is 13.8. The van der Waals surface area contributed by atoms with Crippen molar-refractivity contribution >= 4 is 0 Å². The molecule has 0 fully saturated rings. The van der Waals surface area contributed by atoms with Gasteiger partial charge in [-0.05, 0) is 39.3 Å². The first-order valence-corrected chi connectivity index (χ1v) is 6.98. The summed E-state index contributed by atoms with van der Waals surface area (Å²) >= 11 is 0. The highest BCUT2D eigenvalue weighted by atomic mass is 16.5. The lowest BCUT2D eigenvalue weighted by molar-refractivity contribution is 0.0980. The van der Waals surface area contributed by atoms with Gasteiger partial charge in [0.25, 0.3) is 0 Å². The van der Waals surface area contributed by atoms with Gasteiger partial charge in [0.15, 0.2) is 0 Å². The zero-order chi connectivity index (χ0) is 14.8. The van der Waals surface area contributed by atoms with Crippen molar-refractivity contribution in [1.29, 1.82) is 0 Å². The fraction of sp³-hybridized carbons (Fsp3) is 0.333. The molecule has 2 nitrogen and oxygen atoms in total. The molecule has 0 spiro atoms. The second-order valence-electron chi connectivity index (χ2n) is 5.38. The first-order chi connectivity index (χ1) is 9.45. The Labute approximate surface area is 121 Å². The number of ether oxygens (including phenoxy) is 1. The number of rotatable bonds is 4. The fourth-order valence-electron chi connectivity index (χ4n) is 2.56. The van der Waals surface area contributed by atoms with E-state index >= 15 is 0 Å². The van der Waals surface area contributed by atoms with Crippen LogP contribution in [0.1, 0.15) is 36.1 Å². The molecule has 0 saturated carbocycles. The quantitative estimate of drug-likeness (QED) is 0.911. The average Bonchev–Trinajstić information content (AvgIpc) is 2.38. The van der Waals surface area contributed by atoms with Gasteiger partial charge in [-0.3, -0.25) is 0 Å². The average molecular weight is 270 g/mol. The van der Waals surface area contributed by atoms with Gasteiger partial charge >= 0.3 is 0 Å². The van der Waals surface area contributed by atoms with Crippen molar-refractivity contribution < 1.29 is 9.84 Å². The molecular formula is C18H22O2. The molecule has 0 heterocycles. The number of hydrogen-bond donors (Lipinski definition) is 1. The van der Waals surface area contributed by atoms with Crippen LogP contribution in [0.5, 0.6) is 5.75 Å². The Bertz CT molecular complexity index is 580. The molecule has 1 atom stereocenters. The topological polar surface area (TPSA) is 29.5 Å². The van der Waals surface area contributed by atoms with E-state index < -0.39 is 5.60 Å². The van der Waals surface area contributed by atoms with Gasteiger partial charge in [0.1, 0.15) is 11.4 Å². The second-order valence-corrected chi connectivity index (χ2v) is 5.38. The fourth-order valence-corrected chi connectivity index (χ4v) is 2.56. The van der Waals surface area contributed by atoms with E-state index in [0.717, 1.165) is 28.0 Å². The Morgan fingerprint density at radius 2 is 1.65 bits per heavy atom. The number of benzene rings is 2. The summed E-state index contributed by atoms with van der Waals surface area (Å²) in [5.41, 5.74) is 2.92. The van der Waals surface area contributed by atoms with E-state index in [1.54, 1.807) is 0 Å². The monoisotopic (exact) mass is 270 g/mol. The molecule has 0 aliphatic heterocycles. The predicted octanol–water partition coefficient (Wildman–Crippen LogP) is 3.96. The van der Waals surface area contributed by atoms with Crippen molar-refractivity contribution in [3.05, 3.63) is 64.7 Å². The van der Waals surface area contributed by atoms with Crippen LogP contribution in [0.15, 0.2) is 42.5 Å². The van der Waals surface area contributed by atoms with E-state index in [2.05, 4.69) is 6.07 Å². The predicted molar refractivity (Wildman–Crippen MR) is 82.2 cm³/mol. The molecule has 0 radical (unpaired) electrons. The highest BCUT2D eigenvalue weighted by molar-refractivity contribution is 5.45. The number of aliphatic hydroxyl groups is 1. The van der Waals surface area contributed by atoms with E-state index in [0.29, 0.717) is 6.61 Å². The third kappa shape index (κ3) is 2.86. The standard InChI is InChI=1S/C18H22O2/c1-5-20-17-9-7-6-8-16(17)18(4,19)15-11-13(2)10-14(3)12-15/h6-12,19H,5H2,1-4H3. The molecule has 2 aromatic carbocycles. The van der Waals surface area contributed by atoms with Crippen LogP contribution >= 0.6 is 0 Å². The molecule has 0 bridgehead atoms. The Kier molecular flexibility index (Phi) is 4.15. The third-order valence-corrected chi connectivity index (χ3v) is 3.50. The van der Waals surface area contributed by atoms with Gasteiger partial charge in [-0.2, -0.15) is 0 Å². The van der Waals surface area contributed by atoms with E-state index in [-0.39, 0.29) is 0 Å². The minimum Gasteiger partial charge on any atom is -0.493 e. The van der Waals surface area contributed by atoms with Gasteiger partial charge in [-0.25, -0.2) is 0 Å². The summed E-state index contributed by atoms with van der Waals surface area (Å²) in [5, 5.41) is 11.0. The van der Waals surface area contributed by atoms with Crippen LogP contribution in [0.3, 0.4) is 0 Å². The molecular weight excluding hydrogens is 248 g/mol.